The molecule has 0 saturated carbocycles. The molecule has 1 heterocycles. The van der Waals surface area contributed by atoms with Crippen LogP contribution in [-0.4, -0.2) is 43.1 Å². The Morgan fingerprint density at radius 3 is 2.41 bits per heavy atom. The molecule has 0 aliphatic carbocycles. The van der Waals surface area contributed by atoms with Crippen LogP contribution in [0.15, 0.2) is 60.7 Å². The van der Waals surface area contributed by atoms with Gasteiger partial charge < -0.3 is 19.1 Å². The van der Waals surface area contributed by atoms with Crippen LogP contribution >= 0.6 is 0 Å². The van der Waals surface area contributed by atoms with Crippen molar-refractivity contribution in [3.63, 3.8) is 0 Å². The van der Waals surface area contributed by atoms with Crippen LogP contribution in [0.2, 0.25) is 0 Å². The zero-order chi connectivity index (χ0) is 23.9. The number of esters is 1. The van der Waals surface area contributed by atoms with E-state index in [2.05, 4.69) is 12.1 Å². The lowest BCUT2D eigenvalue weighted by Gasteiger charge is -2.31. The Bertz CT molecular complexity index is 1150. The second kappa shape index (κ2) is 11.1. The highest BCUT2D eigenvalue weighted by Gasteiger charge is 2.29. The first-order chi connectivity index (χ1) is 16.6. The summed E-state index contributed by atoms with van der Waals surface area (Å²) in [5.41, 5.74) is 1.41. The summed E-state index contributed by atoms with van der Waals surface area (Å²) in [5.74, 6) is 1.16. The Hall–Kier alpha value is -3.54. The summed E-state index contributed by atoms with van der Waals surface area (Å²) in [4.78, 5) is 27.0. The van der Waals surface area contributed by atoms with Crippen molar-refractivity contribution in [2.24, 2.45) is 5.92 Å². The van der Waals surface area contributed by atoms with E-state index >= 15 is 0 Å². The van der Waals surface area contributed by atoms with Gasteiger partial charge in [-0.1, -0.05) is 36.4 Å². The molecule has 178 valence electrons. The van der Waals surface area contributed by atoms with Crippen molar-refractivity contribution in [2.75, 3.05) is 26.3 Å². The maximum Gasteiger partial charge on any atom is 0.309 e. The molecule has 1 aliphatic heterocycles. The number of hydrogen-bond donors (Lipinski definition) is 0. The van der Waals surface area contributed by atoms with Gasteiger partial charge in [0.15, 0.2) is 0 Å². The van der Waals surface area contributed by atoms with Gasteiger partial charge in [-0.2, -0.15) is 0 Å². The number of fused-ring (bicyclic) bond motifs is 1. The first-order valence-corrected chi connectivity index (χ1v) is 11.9. The molecule has 0 aromatic heterocycles. The number of hydrogen-bond acceptors (Lipinski definition) is 5. The van der Waals surface area contributed by atoms with E-state index in [4.69, 9.17) is 14.2 Å². The van der Waals surface area contributed by atoms with Crippen molar-refractivity contribution in [1.29, 1.82) is 0 Å². The average Bonchev–Trinajstić information content (AvgIpc) is 2.88. The number of ether oxygens (including phenoxy) is 3. The van der Waals surface area contributed by atoms with Crippen LogP contribution in [0, 0.1) is 5.92 Å². The molecule has 0 N–H and O–H groups in total. The third-order valence-corrected chi connectivity index (χ3v) is 6.14. The molecule has 0 atom stereocenters. The number of benzene rings is 3. The molecular formula is C28H31NO5. The summed E-state index contributed by atoms with van der Waals surface area (Å²) >= 11 is 0. The summed E-state index contributed by atoms with van der Waals surface area (Å²) in [7, 11) is 0. The van der Waals surface area contributed by atoms with E-state index in [0.29, 0.717) is 50.5 Å². The van der Waals surface area contributed by atoms with Gasteiger partial charge in [0.2, 0.25) is 0 Å². The Labute approximate surface area is 200 Å². The largest absolute Gasteiger partial charge is 0.493 e. The molecular weight excluding hydrogens is 430 g/mol. The highest BCUT2D eigenvalue weighted by molar-refractivity contribution is 5.95. The molecule has 34 heavy (non-hydrogen) atoms. The van der Waals surface area contributed by atoms with Crippen molar-refractivity contribution in [2.45, 2.75) is 33.3 Å². The number of rotatable bonds is 8. The maximum absolute atomic E-state index is 13.2. The van der Waals surface area contributed by atoms with Crippen LogP contribution in [0.25, 0.3) is 10.8 Å². The predicted octanol–water partition coefficient (Wildman–Crippen LogP) is 5.23. The van der Waals surface area contributed by atoms with Crippen LogP contribution in [0.1, 0.15) is 42.6 Å². The van der Waals surface area contributed by atoms with Crippen LogP contribution in [-0.2, 0) is 16.1 Å². The Kier molecular flexibility index (Phi) is 7.68. The van der Waals surface area contributed by atoms with Gasteiger partial charge in [0.05, 0.1) is 19.1 Å². The third kappa shape index (κ3) is 5.33. The average molecular weight is 462 g/mol. The number of carbonyl (C=O) groups excluding carboxylic acids is 2. The number of piperidine rings is 1. The molecule has 6 nitrogen and oxygen atoms in total. The van der Waals surface area contributed by atoms with Gasteiger partial charge in [-0.25, -0.2) is 0 Å². The van der Waals surface area contributed by atoms with Gasteiger partial charge in [0, 0.05) is 29.6 Å². The SMILES string of the molecule is CCOC(=O)C1CCN(C(=O)c2ccc(OCC)c(COc3cccc4ccccc34)c2)CC1. The van der Waals surface area contributed by atoms with E-state index in [9.17, 15) is 9.59 Å². The fourth-order valence-corrected chi connectivity index (χ4v) is 4.36. The fourth-order valence-electron chi connectivity index (χ4n) is 4.36. The number of likely N-dealkylation sites (tertiary alicyclic amines) is 1. The van der Waals surface area contributed by atoms with E-state index in [-0.39, 0.29) is 24.4 Å². The highest BCUT2D eigenvalue weighted by Crippen LogP contribution is 2.29. The molecule has 1 aliphatic rings. The Morgan fingerprint density at radius 2 is 1.65 bits per heavy atom. The normalized spacial score (nSPS) is 14.1. The first-order valence-electron chi connectivity index (χ1n) is 11.9. The minimum absolute atomic E-state index is 0.0447. The summed E-state index contributed by atoms with van der Waals surface area (Å²) in [5, 5.41) is 2.15. The number of nitrogens with zero attached hydrogens (tertiary/aromatic N) is 1. The first kappa shape index (κ1) is 23.6. The standard InChI is InChI=1S/C28H31NO5/c1-3-32-25-13-12-22(27(30)29-16-14-21(15-17-29)28(31)33-4-2)18-23(25)19-34-26-11-7-9-20-8-5-6-10-24(20)26/h5-13,18,21H,3-4,14-17,19H2,1-2H3. The quantitative estimate of drug-likeness (QED) is 0.430. The number of amides is 1. The molecule has 1 saturated heterocycles. The van der Waals surface area contributed by atoms with Crippen LogP contribution in [0.3, 0.4) is 0 Å². The molecule has 6 heteroatoms. The van der Waals surface area contributed by atoms with E-state index in [1.807, 2.05) is 56.3 Å². The molecule has 1 amide bonds. The lowest BCUT2D eigenvalue weighted by atomic mass is 9.96. The second-order valence-corrected chi connectivity index (χ2v) is 8.34. The van der Waals surface area contributed by atoms with E-state index in [1.54, 1.807) is 11.0 Å². The van der Waals surface area contributed by atoms with Crippen LogP contribution in [0.5, 0.6) is 11.5 Å². The second-order valence-electron chi connectivity index (χ2n) is 8.34. The van der Waals surface area contributed by atoms with Gasteiger partial charge in [-0.05, 0) is 56.3 Å². The lowest BCUT2D eigenvalue weighted by molar-refractivity contribution is -0.149. The van der Waals surface area contributed by atoms with E-state index < -0.39 is 0 Å². The molecule has 3 aromatic carbocycles. The topological polar surface area (TPSA) is 65.1 Å². The molecule has 0 spiro atoms. The number of carbonyl (C=O) groups is 2. The maximum atomic E-state index is 13.2. The van der Waals surface area contributed by atoms with Gasteiger partial charge in [-0.3, -0.25) is 9.59 Å². The predicted molar refractivity (Wildman–Crippen MR) is 131 cm³/mol. The highest BCUT2D eigenvalue weighted by atomic mass is 16.5. The summed E-state index contributed by atoms with van der Waals surface area (Å²) in [6.07, 6.45) is 1.25. The molecule has 3 aromatic rings. The minimum atomic E-state index is -0.163. The zero-order valence-electron chi connectivity index (χ0n) is 19.8. The van der Waals surface area contributed by atoms with Crippen LogP contribution in [0.4, 0.5) is 0 Å². The molecule has 1 fully saturated rings. The lowest BCUT2D eigenvalue weighted by Crippen LogP contribution is -2.40. The fraction of sp³-hybridized carbons (Fsp3) is 0.357. The smallest absolute Gasteiger partial charge is 0.309 e. The van der Waals surface area contributed by atoms with Crippen LogP contribution < -0.4 is 9.47 Å². The van der Waals surface area contributed by atoms with E-state index in [1.165, 1.54) is 0 Å². The zero-order valence-corrected chi connectivity index (χ0v) is 19.8. The Balaban J connectivity index is 1.48. The van der Waals surface area contributed by atoms with E-state index in [0.717, 1.165) is 22.1 Å². The minimum Gasteiger partial charge on any atom is -0.493 e. The van der Waals surface area contributed by atoms with Crippen molar-refractivity contribution in [3.05, 3.63) is 71.8 Å². The molecule has 0 unspecified atom stereocenters. The van der Waals surface area contributed by atoms with Gasteiger partial charge in [0.25, 0.3) is 5.91 Å². The van der Waals surface area contributed by atoms with Crippen molar-refractivity contribution in [3.8, 4) is 11.5 Å². The third-order valence-electron chi connectivity index (χ3n) is 6.14. The summed E-state index contributed by atoms with van der Waals surface area (Å²) < 4.78 is 17.1. The molecule has 0 radical (unpaired) electrons. The van der Waals surface area contributed by atoms with Gasteiger partial charge >= 0.3 is 5.97 Å². The van der Waals surface area contributed by atoms with Gasteiger partial charge in [-0.15, -0.1) is 0 Å². The van der Waals surface area contributed by atoms with Crippen molar-refractivity contribution >= 4 is 22.6 Å². The van der Waals surface area contributed by atoms with Crippen molar-refractivity contribution in [1.82, 2.24) is 4.90 Å². The monoisotopic (exact) mass is 461 g/mol. The molecule has 4 rings (SSSR count). The molecule has 0 bridgehead atoms. The summed E-state index contributed by atoms with van der Waals surface area (Å²) in [6, 6.07) is 19.6. The Morgan fingerprint density at radius 1 is 0.882 bits per heavy atom. The van der Waals surface area contributed by atoms with Crippen molar-refractivity contribution < 1.29 is 23.8 Å². The van der Waals surface area contributed by atoms with Gasteiger partial charge in [0.1, 0.15) is 18.1 Å². The summed E-state index contributed by atoms with van der Waals surface area (Å²) in [6.45, 7) is 6.01.